The van der Waals surface area contributed by atoms with Crippen molar-refractivity contribution in [3.63, 3.8) is 0 Å². The molecule has 4 N–H and O–H groups in total. The normalized spacial score (nSPS) is 10.8. The summed E-state index contributed by atoms with van der Waals surface area (Å²) in [7, 11) is 0. The van der Waals surface area contributed by atoms with E-state index in [1.807, 2.05) is 0 Å². The van der Waals surface area contributed by atoms with Crippen molar-refractivity contribution in [2.24, 2.45) is 0 Å². The van der Waals surface area contributed by atoms with Gasteiger partial charge < -0.3 is 21.1 Å². The fraction of sp³-hybridized carbons (Fsp3) is 0.724. The first-order chi connectivity index (χ1) is 17.1. The number of hydrogen-bond donors (Lipinski definition) is 4. The van der Waals surface area contributed by atoms with Gasteiger partial charge in [0.05, 0.1) is 0 Å². The molecule has 35 heavy (non-hydrogen) atoms. The van der Waals surface area contributed by atoms with Gasteiger partial charge in [-0.1, -0.05) is 103 Å². The van der Waals surface area contributed by atoms with Gasteiger partial charge in [-0.25, -0.2) is 4.79 Å². The van der Waals surface area contributed by atoms with Gasteiger partial charge in [0, 0.05) is 25.2 Å². The van der Waals surface area contributed by atoms with Crippen molar-refractivity contribution in [3.05, 3.63) is 24.3 Å². The van der Waals surface area contributed by atoms with E-state index < -0.39 is 0 Å². The summed E-state index contributed by atoms with van der Waals surface area (Å²) in [6.45, 7) is 3.44. The number of nitrogens with one attached hydrogen (secondary N) is 3. The number of amides is 3. The molecule has 0 atom stereocenters. The number of phenols is 1. The van der Waals surface area contributed by atoms with E-state index in [2.05, 4.69) is 22.9 Å². The number of hydrogen-bond acceptors (Lipinski definition) is 3. The van der Waals surface area contributed by atoms with E-state index in [1.54, 1.807) is 12.1 Å². The van der Waals surface area contributed by atoms with Gasteiger partial charge in [-0.2, -0.15) is 0 Å². The molecule has 6 heteroatoms. The first-order valence-corrected chi connectivity index (χ1v) is 14.2. The summed E-state index contributed by atoms with van der Waals surface area (Å²) in [5.41, 5.74) is 0.650. The van der Waals surface area contributed by atoms with Crippen LogP contribution in [0.15, 0.2) is 24.3 Å². The number of rotatable bonds is 22. The summed E-state index contributed by atoms with van der Waals surface area (Å²) in [5.74, 6) is 0.0591. The summed E-state index contributed by atoms with van der Waals surface area (Å²) in [5, 5.41) is 17.7. The van der Waals surface area contributed by atoms with Crippen LogP contribution in [-0.4, -0.2) is 30.1 Å². The quantitative estimate of drug-likeness (QED) is 0.0994. The molecule has 0 fully saturated rings. The van der Waals surface area contributed by atoms with Crippen molar-refractivity contribution in [3.8, 4) is 5.75 Å². The van der Waals surface area contributed by atoms with E-state index in [4.69, 9.17) is 0 Å². The lowest BCUT2D eigenvalue weighted by molar-refractivity contribution is -0.116. The highest BCUT2D eigenvalue weighted by Gasteiger charge is 2.04. The Kier molecular flexibility index (Phi) is 19.6. The highest BCUT2D eigenvalue weighted by atomic mass is 16.3. The lowest BCUT2D eigenvalue weighted by Gasteiger charge is -2.08. The van der Waals surface area contributed by atoms with Gasteiger partial charge in [-0.3, -0.25) is 4.79 Å². The van der Waals surface area contributed by atoms with E-state index in [0.717, 1.165) is 12.8 Å². The summed E-state index contributed by atoms with van der Waals surface area (Å²) >= 11 is 0. The molecular weight excluding hydrogens is 438 g/mol. The number of phenolic OH excluding ortho intramolecular Hbond substituents is 1. The van der Waals surface area contributed by atoms with Crippen molar-refractivity contribution in [2.45, 2.75) is 122 Å². The Labute approximate surface area is 214 Å². The maximum atomic E-state index is 11.9. The smallest absolute Gasteiger partial charge is 0.314 e. The third kappa shape index (κ3) is 19.7. The first-order valence-electron chi connectivity index (χ1n) is 14.2. The molecule has 0 saturated heterocycles. The van der Waals surface area contributed by atoms with Crippen LogP contribution in [0.5, 0.6) is 5.75 Å². The third-order valence-electron chi connectivity index (χ3n) is 6.33. The van der Waals surface area contributed by atoms with E-state index in [-0.39, 0.29) is 17.7 Å². The van der Waals surface area contributed by atoms with Crippen molar-refractivity contribution < 1.29 is 14.7 Å². The Morgan fingerprint density at radius 2 is 1.06 bits per heavy atom. The molecular formula is C29H51N3O3. The SMILES string of the molecule is CCCCCCCCCCCCCCCCCCNC(=O)NCCCC(=O)Nc1ccc(O)cc1. The van der Waals surface area contributed by atoms with Crippen molar-refractivity contribution >= 4 is 17.6 Å². The second-order valence-electron chi connectivity index (χ2n) is 9.68. The van der Waals surface area contributed by atoms with Crippen LogP contribution < -0.4 is 16.0 Å². The molecule has 3 amide bonds. The maximum absolute atomic E-state index is 11.9. The largest absolute Gasteiger partial charge is 0.508 e. The first kappa shape index (κ1) is 30.8. The second-order valence-corrected chi connectivity index (χ2v) is 9.68. The third-order valence-corrected chi connectivity index (χ3v) is 6.33. The second kappa shape index (κ2) is 22.2. The lowest BCUT2D eigenvalue weighted by atomic mass is 10.0. The molecule has 0 aliphatic heterocycles. The highest BCUT2D eigenvalue weighted by Crippen LogP contribution is 2.15. The predicted octanol–water partition coefficient (Wildman–Crippen LogP) is 7.67. The molecule has 6 nitrogen and oxygen atoms in total. The summed E-state index contributed by atoms with van der Waals surface area (Å²) in [6.07, 6.45) is 22.4. The monoisotopic (exact) mass is 489 g/mol. The van der Waals surface area contributed by atoms with Gasteiger partial charge in [0.2, 0.25) is 5.91 Å². The Bertz CT molecular complexity index is 649. The molecule has 1 rings (SSSR count). The Balaban J connectivity index is 1.79. The number of carbonyl (C=O) groups is 2. The topological polar surface area (TPSA) is 90.5 Å². The fourth-order valence-electron chi connectivity index (χ4n) is 4.16. The molecule has 1 aromatic rings. The highest BCUT2D eigenvalue weighted by molar-refractivity contribution is 5.90. The zero-order valence-corrected chi connectivity index (χ0v) is 22.2. The van der Waals surface area contributed by atoms with Crippen LogP contribution in [0.25, 0.3) is 0 Å². The molecule has 0 spiro atoms. The zero-order chi connectivity index (χ0) is 25.4. The van der Waals surface area contributed by atoms with Crippen LogP contribution >= 0.6 is 0 Å². The Morgan fingerprint density at radius 3 is 1.54 bits per heavy atom. The van der Waals surface area contributed by atoms with Crippen molar-refractivity contribution in [1.29, 1.82) is 0 Å². The average molecular weight is 490 g/mol. The number of aromatic hydroxyl groups is 1. The fourth-order valence-corrected chi connectivity index (χ4v) is 4.16. The standard InChI is InChI=1S/C29H51N3O3/c1-2-3-4-5-6-7-8-9-10-11-12-13-14-15-16-17-24-30-29(35)31-25-18-19-28(34)32-26-20-22-27(33)23-21-26/h20-23,33H,2-19,24-25H2,1H3,(H,32,34)(H2,30,31,35). The lowest BCUT2D eigenvalue weighted by Crippen LogP contribution is -2.36. The number of carbonyl (C=O) groups excluding carboxylic acids is 2. The van der Waals surface area contributed by atoms with E-state index in [0.29, 0.717) is 31.6 Å². The number of unbranched alkanes of at least 4 members (excludes halogenated alkanes) is 15. The van der Waals surface area contributed by atoms with Crippen LogP contribution in [0.4, 0.5) is 10.5 Å². The van der Waals surface area contributed by atoms with Gasteiger partial charge >= 0.3 is 6.03 Å². The molecule has 0 aliphatic rings. The molecule has 0 unspecified atom stereocenters. The van der Waals surface area contributed by atoms with Crippen LogP contribution in [-0.2, 0) is 4.79 Å². The van der Waals surface area contributed by atoms with E-state index >= 15 is 0 Å². The molecule has 0 saturated carbocycles. The van der Waals surface area contributed by atoms with Gasteiger partial charge in [-0.15, -0.1) is 0 Å². The number of benzene rings is 1. The summed E-state index contributed by atoms with van der Waals surface area (Å²) in [4.78, 5) is 23.7. The van der Waals surface area contributed by atoms with Crippen molar-refractivity contribution in [1.82, 2.24) is 10.6 Å². The zero-order valence-electron chi connectivity index (χ0n) is 22.2. The molecule has 0 heterocycles. The van der Waals surface area contributed by atoms with E-state index in [9.17, 15) is 14.7 Å². The average Bonchev–Trinajstić information content (AvgIpc) is 2.85. The van der Waals surface area contributed by atoms with Gasteiger partial charge in [0.25, 0.3) is 0 Å². The van der Waals surface area contributed by atoms with Crippen LogP contribution in [0.2, 0.25) is 0 Å². The molecule has 0 radical (unpaired) electrons. The maximum Gasteiger partial charge on any atom is 0.314 e. The summed E-state index contributed by atoms with van der Waals surface area (Å²) < 4.78 is 0. The van der Waals surface area contributed by atoms with Crippen LogP contribution in [0.3, 0.4) is 0 Å². The molecule has 1 aromatic carbocycles. The number of urea groups is 1. The Morgan fingerprint density at radius 1 is 0.629 bits per heavy atom. The predicted molar refractivity (Wildman–Crippen MR) is 147 cm³/mol. The van der Waals surface area contributed by atoms with Crippen molar-refractivity contribution in [2.75, 3.05) is 18.4 Å². The van der Waals surface area contributed by atoms with Gasteiger partial charge in [0.15, 0.2) is 0 Å². The van der Waals surface area contributed by atoms with Gasteiger partial charge in [0.1, 0.15) is 5.75 Å². The van der Waals surface area contributed by atoms with Gasteiger partial charge in [-0.05, 0) is 37.1 Å². The minimum absolute atomic E-state index is 0.105. The molecule has 0 bridgehead atoms. The minimum atomic E-state index is -0.162. The summed E-state index contributed by atoms with van der Waals surface area (Å²) in [6, 6.07) is 6.20. The van der Waals surface area contributed by atoms with E-state index in [1.165, 1.54) is 102 Å². The molecule has 0 aromatic heterocycles. The van der Waals surface area contributed by atoms with Crippen LogP contribution in [0.1, 0.15) is 122 Å². The minimum Gasteiger partial charge on any atom is -0.508 e. The molecule has 0 aliphatic carbocycles. The van der Waals surface area contributed by atoms with Crippen LogP contribution in [0, 0.1) is 0 Å². The Hall–Kier alpha value is -2.24. The molecule has 200 valence electrons. The number of anilines is 1.